The molecular weight excluding hydrogens is 358 g/mol. The van der Waals surface area contributed by atoms with Crippen molar-refractivity contribution in [2.45, 2.75) is 13.5 Å². The van der Waals surface area contributed by atoms with Gasteiger partial charge < -0.3 is 10.1 Å². The minimum absolute atomic E-state index is 0.112. The summed E-state index contributed by atoms with van der Waals surface area (Å²) in [6, 6.07) is 16.7. The molecule has 1 N–H and O–H groups in total. The number of rotatable bonds is 5. The van der Waals surface area contributed by atoms with Crippen molar-refractivity contribution in [1.29, 1.82) is 0 Å². The predicted octanol–water partition coefficient (Wildman–Crippen LogP) is 3.67. The maximum Gasteiger partial charge on any atom is 0.355 e. The molecule has 0 aromatic heterocycles. The topological polar surface area (TPSA) is 55.4 Å². The fourth-order valence-corrected chi connectivity index (χ4v) is 2.12. The molecule has 0 bridgehead atoms. The number of esters is 1. The first-order valence-corrected chi connectivity index (χ1v) is 7.80. The number of benzene rings is 2. The van der Waals surface area contributed by atoms with Crippen LogP contribution < -0.4 is 5.32 Å². The lowest BCUT2D eigenvalue weighted by molar-refractivity contribution is -0.141. The minimum atomic E-state index is -0.577. The fraction of sp³-hybridized carbons (Fsp3) is 0.111. The average molecular weight is 374 g/mol. The summed E-state index contributed by atoms with van der Waals surface area (Å²) in [6.45, 7) is 1.48. The van der Waals surface area contributed by atoms with Gasteiger partial charge in [-0.15, -0.1) is 0 Å². The Morgan fingerprint density at radius 3 is 2.35 bits per heavy atom. The monoisotopic (exact) mass is 373 g/mol. The summed E-state index contributed by atoms with van der Waals surface area (Å²) < 4.78 is 6.22. The molecule has 4 nitrogen and oxygen atoms in total. The third kappa shape index (κ3) is 5.71. The molecule has 0 saturated heterocycles. The number of hydrogen-bond acceptors (Lipinski definition) is 3. The van der Waals surface area contributed by atoms with Crippen LogP contribution in [0.4, 0.5) is 0 Å². The van der Waals surface area contributed by atoms with Crippen LogP contribution in [0, 0.1) is 0 Å². The summed E-state index contributed by atoms with van der Waals surface area (Å²) in [7, 11) is 0. The van der Waals surface area contributed by atoms with E-state index in [1.165, 1.54) is 6.92 Å². The second-order valence-corrected chi connectivity index (χ2v) is 5.77. The van der Waals surface area contributed by atoms with Gasteiger partial charge in [-0.05, 0) is 29.3 Å². The van der Waals surface area contributed by atoms with Crippen LogP contribution in [0.5, 0.6) is 0 Å². The van der Waals surface area contributed by atoms with Crippen molar-refractivity contribution in [2.75, 3.05) is 0 Å². The molecule has 2 rings (SSSR count). The van der Waals surface area contributed by atoms with Gasteiger partial charge in [-0.25, -0.2) is 4.79 Å². The van der Waals surface area contributed by atoms with Crippen molar-refractivity contribution in [1.82, 2.24) is 5.32 Å². The molecule has 0 radical (unpaired) electrons. The van der Waals surface area contributed by atoms with Crippen LogP contribution in [-0.2, 0) is 20.9 Å². The molecule has 0 spiro atoms. The minimum Gasteiger partial charge on any atom is -0.456 e. The number of carbonyl (C=O) groups excluding carboxylic acids is 2. The maximum absolute atomic E-state index is 12.2. The Hall–Kier alpha value is -2.40. The molecule has 0 aliphatic carbocycles. The highest BCUT2D eigenvalue weighted by Gasteiger charge is 2.13. The standard InChI is InChI=1S/C18H16BrNO3/c1-13(21)20-17(11-14-5-3-2-4-6-14)18(22)23-12-15-7-9-16(19)10-8-15/h2-11H,12H2,1H3,(H,20,21)/b17-11-. The van der Waals surface area contributed by atoms with Gasteiger partial charge >= 0.3 is 5.97 Å². The van der Waals surface area contributed by atoms with E-state index < -0.39 is 5.97 Å². The van der Waals surface area contributed by atoms with E-state index in [0.29, 0.717) is 0 Å². The lowest BCUT2D eigenvalue weighted by Crippen LogP contribution is -2.26. The summed E-state index contributed by atoms with van der Waals surface area (Å²) in [5.41, 5.74) is 1.78. The Morgan fingerprint density at radius 1 is 1.09 bits per heavy atom. The number of amides is 1. The quantitative estimate of drug-likeness (QED) is 0.642. The van der Waals surface area contributed by atoms with Gasteiger partial charge in [0.1, 0.15) is 12.3 Å². The second kappa shape index (κ2) is 8.29. The SMILES string of the molecule is CC(=O)N/C(=C\c1ccccc1)C(=O)OCc1ccc(Br)cc1. The highest BCUT2D eigenvalue weighted by atomic mass is 79.9. The van der Waals surface area contributed by atoms with Gasteiger partial charge in [0.15, 0.2) is 0 Å². The van der Waals surface area contributed by atoms with E-state index in [-0.39, 0.29) is 18.2 Å². The molecule has 0 heterocycles. The Balaban J connectivity index is 2.09. The molecule has 0 aliphatic heterocycles. The van der Waals surface area contributed by atoms with E-state index >= 15 is 0 Å². The van der Waals surface area contributed by atoms with Crippen molar-refractivity contribution < 1.29 is 14.3 Å². The Labute approximate surface area is 143 Å². The lowest BCUT2D eigenvalue weighted by Gasteiger charge is -2.09. The van der Waals surface area contributed by atoms with Crippen molar-refractivity contribution in [2.24, 2.45) is 0 Å². The predicted molar refractivity (Wildman–Crippen MR) is 92.2 cm³/mol. The van der Waals surface area contributed by atoms with Gasteiger partial charge in [0.05, 0.1) is 0 Å². The summed E-state index contributed by atoms with van der Waals surface area (Å²) >= 11 is 3.35. The van der Waals surface area contributed by atoms with Gasteiger partial charge in [-0.2, -0.15) is 0 Å². The van der Waals surface area contributed by atoms with Crippen LogP contribution in [0.1, 0.15) is 18.1 Å². The second-order valence-electron chi connectivity index (χ2n) is 4.85. The molecule has 2 aromatic carbocycles. The summed E-state index contributed by atoms with van der Waals surface area (Å²) in [5, 5.41) is 2.51. The molecule has 0 unspecified atom stereocenters. The molecule has 0 atom stereocenters. The van der Waals surface area contributed by atoms with Gasteiger partial charge in [-0.3, -0.25) is 4.79 Å². The van der Waals surface area contributed by atoms with Crippen LogP contribution in [0.15, 0.2) is 64.8 Å². The van der Waals surface area contributed by atoms with Crippen LogP contribution in [0.25, 0.3) is 6.08 Å². The first kappa shape index (κ1) is 17.0. The largest absolute Gasteiger partial charge is 0.456 e. The maximum atomic E-state index is 12.2. The van der Waals surface area contributed by atoms with Crippen LogP contribution >= 0.6 is 15.9 Å². The zero-order chi connectivity index (χ0) is 16.7. The zero-order valence-corrected chi connectivity index (χ0v) is 14.2. The third-order valence-corrected chi connectivity index (χ3v) is 3.45. The van der Waals surface area contributed by atoms with Crippen molar-refractivity contribution in [3.8, 4) is 0 Å². The van der Waals surface area contributed by atoms with E-state index in [4.69, 9.17) is 4.74 Å². The molecule has 23 heavy (non-hydrogen) atoms. The van der Waals surface area contributed by atoms with Crippen molar-refractivity contribution in [3.63, 3.8) is 0 Å². The molecular formula is C18H16BrNO3. The highest BCUT2D eigenvalue weighted by Crippen LogP contribution is 2.12. The highest BCUT2D eigenvalue weighted by molar-refractivity contribution is 9.10. The van der Waals surface area contributed by atoms with Gasteiger partial charge in [0.25, 0.3) is 0 Å². The Morgan fingerprint density at radius 2 is 1.74 bits per heavy atom. The molecule has 0 saturated carbocycles. The van der Waals surface area contributed by atoms with Crippen LogP contribution in [0.3, 0.4) is 0 Å². The normalized spacial score (nSPS) is 11.0. The Bertz CT molecular complexity index is 709. The number of carbonyl (C=O) groups is 2. The van der Waals surface area contributed by atoms with Crippen LogP contribution in [-0.4, -0.2) is 11.9 Å². The lowest BCUT2D eigenvalue weighted by atomic mass is 10.2. The number of nitrogens with one attached hydrogen (secondary N) is 1. The first-order chi connectivity index (χ1) is 11.0. The van der Waals surface area contributed by atoms with E-state index in [0.717, 1.165) is 15.6 Å². The molecule has 0 aliphatic rings. The smallest absolute Gasteiger partial charge is 0.355 e. The molecule has 5 heteroatoms. The summed E-state index contributed by atoms with van der Waals surface area (Å²) in [5.74, 6) is -0.903. The summed E-state index contributed by atoms with van der Waals surface area (Å²) in [6.07, 6.45) is 1.59. The Kier molecular flexibility index (Phi) is 6.11. The number of halogens is 1. The van der Waals surface area contributed by atoms with Gasteiger partial charge in [0.2, 0.25) is 5.91 Å². The summed E-state index contributed by atoms with van der Waals surface area (Å²) in [4.78, 5) is 23.5. The molecule has 118 valence electrons. The van der Waals surface area contributed by atoms with Crippen molar-refractivity contribution in [3.05, 3.63) is 75.9 Å². The fourth-order valence-electron chi connectivity index (χ4n) is 1.86. The molecule has 0 fully saturated rings. The van der Waals surface area contributed by atoms with E-state index in [1.54, 1.807) is 6.08 Å². The van der Waals surface area contributed by atoms with Crippen molar-refractivity contribution >= 4 is 33.9 Å². The van der Waals surface area contributed by atoms with E-state index in [9.17, 15) is 9.59 Å². The van der Waals surface area contributed by atoms with Crippen LogP contribution in [0.2, 0.25) is 0 Å². The molecule has 2 aromatic rings. The van der Waals surface area contributed by atoms with Gasteiger partial charge in [0, 0.05) is 11.4 Å². The molecule has 1 amide bonds. The van der Waals surface area contributed by atoms with E-state index in [2.05, 4.69) is 21.2 Å². The number of hydrogen-bond donors (Lipinski definition) is 1. The third-order valence-electron chi connectivity index (χ3n) is 2.92. The number of ether oxygens (including phenoxy) is 1. The average Bonchev–Trinajstić information content (AvgIpc) is 2.54. The van der Waals surface area contributed by atoms with E-state index in [1.807, 2.05) is 54.6 Å². The van der Waals surface area contributed by atoms with Gasteiger partial charge in [-0.1, -0.05) is 58.4 Å². The first-order valence-electron chi connectivity index (χ1n) is 7.00. The zero-order valence-electron chi connectivity index (χ0n) is 12.6.